The fourth-order valence-corrected chi connectivity index (χ4v) is 3.45. The van der Waals surface area contributed by atoms with E-state index in [0.717, 1.165) is 22.3 Å². The third-order valence-corrected chi connectivity index (χ3v) is 4.64. The molecule has 1 aliphatic carbocycles. The molecular formula is C21H22N2O4. The first-order valence-corrected chi connectivity index (χ1v) is 8.71. The van der Waals surface area contributed by atoms with E-state index in [9.17, 15) is 15.2 Å². The second-order valence-corrected chi connectivity index (χ2v) is 6.50. The molecule has 27 heavy (non-hydrogen) atoms. The van der Waals surface area contributed by atoms with Gasteiger partial charge in [-0.3, -0.25) is 4.79 Å². The van der Waals surface area contributed by atoms with E-state index in [4.69, 9.17) is 9.47 Å². The molecule has 140 valence electrons. The van der Waals surface area contributed by atoms with Crippen molar-refractivity contribution in [2.75, 3.05) is 27.4 Å². The Balaban J connectivity index is 2.14. The van der Waals surface area contributed by atoms with Gasteiger partial charge in [0.15, 0.2) is 5.78 Å². The van der Waals surface area contributed by atoms with E-state index in [1.54, 1.807) is 17.2 Å². The molecule has 0 saturated heterocycles. The molecule has 2 atom stereocenters. The summed E-state index contributed by atoms with van der Waals surface area (Å²) in [6.07, 6.45) is 2.39. The Kier molecular flexibility index (Phi) is 5.87. The molecule has 3 rings (SSSR count). The number of ether oxygens (including phenoxy) is 2. The van der Waals surface area contributed by atoms with Gasteiger partial charge in [-0.15, -0.1) is 0 Å². The number of aliphatic hydroxyl groups is 1. The van der Waals surface area contributed by atoms with Gasteiger partial charge in [0.05, 0.1) is 19.3 Å². The summed E-state index contributed by atoms with van der Waals surface area (Å²) in [6, 6.07) is 11.8. The fraction of sp³-hybridized carbons (Fsp3) is 0.333. The number of methoxy groups -OCH3 is 2. The molecule has 2 aliphatic rings. The van der Waals surface area contributed by atoms with Crippen LogP contribution in [0.3, 0.4) is 0 Å². The Morgan fingerprint density at radius 1 is 1.33 bits per heavy atom. The third kappa shape index (κ3) is 3.86. The zero-order chi connectivity index (χ0) is 19.4. The van der Waals surface area contributed by atoms with E-state index in [1.165, 1.54) is 14.2 Å². The monoisotopic (exact) mass is 366 g/mol. The molecule has 0 fully saturated rings. The maximum Gasteiger partial charge on any atom is 0.169 e. The van der Waals surface area contributed by atoms with Crippen LogP contribution in [-0.2, 0) is 14.3 Å². The Morgan fingerprint density at radius 2 is 2.07 bits per heavy atom. The number of Topliss-reactive ketones (excluding diaryl/α,β-unsaturated/α-hetero) is 1. The lowest BCUT2D eigenvalue weighted by molar-refractivity contribution is -0.125. The number of allylic oxidation sites excluding steroid dienone is 4. The number of hydrogen-bond acceptors (Lipinski definition) is 6. The van der Waals surface area contributed by atoms with Gasteiger partial charge < -0.3 is 19.5 Å². The van der Waals surface area contributed by atoms with E-state index >= 15 is 0 Å². The van der Waals surface area contributed by atoms with Crippen molar-refractivity contribution in [1.29, 1.82) is 5.26 Å². The van der Waals surface area contributed by atoms with Crippen LogP contribution in [0.5, 0.6) is 0 Å². The average molecular weight is 366 g/mol. The van der Waals surface area contributed by atoms with Crippen molar-refractivity contribution >= 4 is 11.4 Å². The van der Waals surface area contributed by atoms with Gasteiger partial charge in [0.2, 0.25) is 0 Å². The summed E-state index contributed by atoms with van der Waals surface area (Å²) in [7, 11) is 3.02. The number of carbonyl (C=O) groups excluding carboxylic acids is 1. The van der Waals surface area contributed by atoms with Crippen molar-refractivity contribution in [2.45, 2.75) is 18.6 Å². The summed E-state index contributed by atoms with van der Waals surface area (Å²) < 4.78 is 10.3. The zero-order valence-electron chi connectivity index (χ0n) is 15.4. The van der Waals surface area contributed by atoms with Crippen molar-refractivity contribution < 1.29 is 19.4 Å². The number of hydrogen-bond donors (Lipinski definition) is 1. The minimum atomic E-state index is -0.760. The first kappa shape index (κ1) is 19.1. The van der Waals surface area contributed by atoms with Gasteiger partial charge in [-0.05, 0) is 22.8 Å². The van der Waals surface area contributed by atoms with Gasteiger partial charge in [-0.2, -0.15) is 5.26 Å². The summed E-state index contributed by atoms with van der Waals surface area (Å²) in [5.41, 5.74) is 3.70. The Morgan fingerprint density at radius 3 is 2.70 bits per heavy atom. The van der Waals surface area contributed by atoms with E-state index in [1.807, 2.05) is 30.3 Å². The van der Waals surface area contributed by atoms with Gasteiger partial charge >= 0.3 is 0 Å². The van der Waals surface area contributed by atoms with Gasteiger partial charge in [-0.25, -0.2) is 0 Å². The van der Waals surface area contributed by atoms with E-state index < -0.39 is 12.2 Å². The lowest BCUT2D eigenvalue weighted by Crippen LogP contribution is -2.35. The van der Waals surface area contributed by atoms with Crippen molar-refractivity contribution in [2.24, 2.45) is 0 Å². The number of aliphatic hydroxyl groups excluding tert-OH is 1. The molecule has 1 aliphatic heterocycles. The minimum absolute atomic E-state index is 0.0299. The highest BCUT2D eigenvalue weighted by atomic mass is 16.5. The van der Waals surface area contributed by atoms with Crippen LogP contribution in [0.2, 0.25) is 0 Å². The summed E-state index contributed by atoms with van der Waals surface area (Å²) in [6.45, 7) is 0.359. The van der Waals surface area contributed by atoms with E-state index in [-0.39, 0.29) is 25.4 Å². The van der Waals surface area contributed by atoms with Crippen LogP contribution in [-0.4, -0.2) is 55.4 Å². The molecule has 0 saturated carbocycles. The van der Waals surface area contributed by atoms with Crippen LogP contribution in [0.25, 0.3) is 5.57 Å². The van der Waals surface area contributed by atoms with Gasteiger partial charge in [0.25, 0.3) is 0 Å². The molecule has 0 aromatic heterocycles. The molecule has 6 heteroatoms. The second kappa shape index (κ2) is 8.31. The highest BCUT2D eigenvalue weighted by Gasteiger charge is 2.33. The number of carbonyl (C=O) groups is 1. The maximum atomic E-state index is 12.3. The number of fused-ring (bicyclic) bond motifs is 1. The van der Waals surface area contributed by atoms with Crippen LogP contribution >= 0.6 is 0 Å². The fourth-order valence-electron chi connectivity index (χ4n) is 3.45. The molecule has 0 bridgehead atoms. The zero-order valence-corrected chi connectivity index (χ0v) is 15.4. The number of nitriles is 1. The molecule has 0 amide bonds. The Labute approximate surface area is 158 Å². The smallest absolute Gasteiger partial charge is 0.169 e. The largest absolute Gasteiger partial charge is 0.389 e. The van der Waals surface area contributed by atoms with Crippen LogP contribution in [0.15, 0.2) is 59.5 Å². The van der Waals surface area contributed by atoms with Crippen LogP contribution in [0.4, 0.5) is 0 Å². The number of rotatable bonds is 6. The van der Waals surface area contributed by atoms with Crippen molar-refractivity contribution in [3.63, 3.8) is 0 Å². The first-order valence-electron chi connectivity index (χ1n) is 8.71. The average Bonchev–Trinajstić information content (AvgIpc) is 2.67. The third-order valence-electron chi connectivity index (χ3n) is 4.64. The number of ketones is 1. The quantitative estimate of drug-likeness (QED) is 0.830. The summed E-state index contributed by atoms with van der Waals surface area (Å²) in [4.78, 5) is 14.0. The second-order valence-electron chi connectivity index (χ2n) is 6.50. The van der Waals surface area contributed by atoms with Crippen LogP contribution < -0.4 is 0 Å². The molecule has 1 N–H and O–H groups in total. The van der Waals surface area contributed by atoms with Gasteiger partial charge in [-0.1, -0.05) is 30.3 Å². The number of β-amino-alcohol motifs (C(OH)–C–C–N with tert-alkyl or cyclic N) is 1. The predicted octanol–water partition coefficient (Wildman–Crippen LogP) is 2.04. The molecule has 0 spiro atoms. The predicted molar refractivity (Wildman–Crippen MR) is 100 cm³/mol. The van der Waals surface area contributed by atoms with E-state index in [0.29, 0.717) is 5.70 Å². The molecule has 2 unspecified atom stereocenters. The SMILES string of the molecule is COCC(O)CN1C=C2CC(=O)C(OC)C=C2C(c2ccccc2)=C1C#N. The number of benzene rings is 1. The van der Waals surface area contributed by atoms with Crippen molar-refractivity contribution in [3.8, 4) is 6.07 Å². The van der Waals surface area contributed by atoms with Gasteiger partial charge in [0.1, 0.15) is 17.9 Å². The Hall–Kier alpha value is -2.72. The molecule has 1 heterocycles. The van der Waals surface area contributed by atoms with Crippen molar-refractivity contribution in [3.05, 3.63) is 65.0 Å². The topological polar surface area (TPSA) is 82.8 Å². The van der Waals surface area contributed by atoms with Crippen LogP contribution in [0, 0.1) is 11.3 Å². The lowest BCUT2D eigenvalue weighted by atomic mass is 9.81. The lowest BCUT2D eigenvalue weighted by Gasteiger charge is -2.34. The Bertz CT molecular complexity index is 849. The molecule has 1 aromatic rings. The first-order chi connectivity index (χ1) is 13.1. The highest BCUT2D eigenvalue weighted by molar-refractivity contribution is 5.98. The highest BCUT2D eigenvalue weighted by Crippen LogP contribution is 2.41. The minimum Gasteiger partial charge on any atom is -0.389 e. The summed E-state index contributed by atoms with van der Waals surface area (Å²) in [5.74, 6) is -0.0299. The molecular weight excluding hydrogens is 344 g/mol. The van der Waals surface area contributed by atoms with Crippen molar-refractivity contribution in [1.82, 2.24) is 4.90 Å². The van der Waals surface area contributed by atoms with Gasteiger partial charge in [0, 0.05) is 32.4 Å². The maximum absolute atomic E-state index is 12.3. The van der Waals surface area contributed by atoms with Crippen LogP contribution in [0.1, 0.15) is 12.0 Å². The molecule has 6 nitrogen and oxygen atoms in total. The summed E-state index contributed by atoms with van der Waals surface area (Å²) >= 11 is 0. The normalized spacial score (nSPS) is 20.6. The van der Waals surface area contributed by atoms with E-state index in [2.05, 4.69) is 6.07 Å². The molecule has 0 radical (unpaired) electrons. The number of nitrogens with zero attached hydrogens (tertiary/aromatic N) is 2. The summed E-state index contributed by atoms with van der Waals surface area (Å²) in [5, 5.41) is 20.1. The molecule has 1 aromatic carbocycles. The standard InChI is InChI=1S/C21H22N2O4/c1-26-13-16(24)12-23-11-15-8-19(25)20(27-2)9-17(15)21(18(23)10-22)14-6-4-3-5-7-14/h3-7,9,11,16,20,24H,8,12-13H2,1-2H3.